The van der Waals surface area contributed by atoms with Gasteiger partial charge in [0.05, 0.1) is 12.8 Å². The molecule has 0 saturated carbocycles. The van der Waals surface area contributed by atoms with Crippen molar-refractivity contribution in [3.63, 3.8) is 0 Å². The molecule has 3 rings (SSSR count). The SMILES string of the molecule is C=C/C(=C\C=C/C)C(N=C)=Nc1ccc(-c2cccc(OC)c2)cc1CC(Cc1cccc(Cl)c1)C(N)=O. The van der Waals surface area contributed by atoms with Gasteiger partial charge in [0.25, 0.3) is 0 Å². The average Bonchev–Trinajstić information content (AvgIpc) is 2.93. The van der Waals surface area contributed by atoms with Gasteiger partial charge in [-0.3, -0.25) is 4.79 Å². The first-order valence-corrected chi connectivity index (χ1v) is 12.6. The highest BCUT2D eigenvalue weighted by molar-refractivity contribution is 6.30. The molecule has 1 amide bonds. The van der Waals surface area contributed by atoms with Crippen LogP contribution in [0.1, 0.15) is 18.1 Å². The van der Waals surface area contributed by atoms with E-state index in [0.29, 0.717) is 29.4 Å². The van der Waals surface area contributed by atoms with E-state index in [1.165, 1.54) is 0 Å². The molecule has 0 bridgehead atoms. The summed E-state index contributed by atoms with van der Waals surface area (Å²) in [6.07, 6.45) is 8.18. The molecule has 0 saturated heterocycles. The average molecular weight is 526 g/mol. The maximum atomic E-state index is 12.6. The molecule has 0 fully saturated rings. The lowest BCUT2D eigenvalue weighted by Crippen LogP contribution is -2.27. The number of methoxy groups -OCH3 is 1. The van der Waals surface area contributed by atoms with Crippen molar-refractivity contribution >= 4 is 35.7 Å². The van der Waals surface area contributed by atoms with Crippen molar-refractivity contribution in [2.75, 3.05) is 7.11 Å². The number of benzene rings is 3. The third kappa shape index (κ3) is 7.64. The Labute approximate surface area is 229 Å². The Hall–Kier alpha value is -4.22. The van der Waals surface area contributed by atoms with Gasteiger partial charge in [-0.05, 0) is 85.1 Å². The molecule has 0 heterocycles. The first-order chi connectivity index (χ1) is 18.4. The van der Waals surface area contributed by atoms with Crippen molar-refractivity contribution in [2.45, 2.75) is 19.8 Å². The Morgan fingerprint density at radius 1 is 1.08 bits per heavy atom. The number of halogens is 1. The van der Waals surface area contributed by atoms with Gasteiger partial charge in [0.2, 0.25) is 5.91 Å². The lowest BCUT2D eigenvalue weighted by atomic mass is 9.90. The van der Waals surface area contributed by atoms with Crippen LogP contribution in [-0.4, -0.2) is 25.6 Å². The number of allylic oxidation sites excluding steroid dienone is 3. The van der Waals surface area contributed by atoms with Gasteiger partial charge in [-0.1, -0.05) is 72.8 Å². The molecular weight excluding hydrogens is 494 g/mol. The van der Waals surface area contributed by atoms with Crippen LogP contribution in [0.4, 0.5) is 5.69 Å². The fourth-order valence-corrected chi connectivity index (χ4v) is 4.28. The highest BCUT2D eigenvalue weighted by Crippen LogP contribution is 2.32. The zero-order chi connectivity index (χ0) is 27.5. The van der Waals surface area contributed by atoms with Crippen molar-refractivity contribution in [3.05, 3.63) is 119 Å². The number of primary amides is 1. The number of amidine groups is 1. The molecule has 0 aromatic heterocycles. The largest absolute Gasteiger partial charge is 0.497 e. The van der Waals surface area contributed by atoms with E-state index >= 15 is 0 Å². The van der Waals surface area contributed by atoms with Crippen molar-refractivity contribution in [1.29, 1.82) is 0 Å². The molecule has 6 heteroatoms. The van der Waals surface area contributed by atoms with Gasteiger partial charge in [0.15, 0.2) is 5.84 Å². The van der Waals surface area contributed by atoms with Crippen LogP contribution < -0.4 is 10.5 Å². The van der Waals surface area contributed by atoms with Crippen LogP contribution in [0.5, 0.6) is 5.75 Å². The Kier molecular flexibility index (Phi) is 10.4. The smallest absolute Gasteiger partial charge is 0.221 e. The number of hydrogen-bond donors (Lipinski definition) is 1. The number of ether oxygens (including phenoxy) is 1. The quantitative estimate of drug-likeness (QED) is 0.162. The molecule has 194 valence electrons. The second-order valence-corrected chi connectivity index (χ2v) is 9.09. The number of hydrogen-bond acceptors (Lipinski definition) is 3. The van der Waals surface area contributed by atoms with E-state index in [1.54, 1.807) is 19.3 Å². The molecule has 1 unspecified atom stereocenters. The van der Waals surface area contributed by atoms with Gasteiger partial charge >= 0.3 is 0 Å². The lowest BCUT2D eigenvalue weighted by molar-refractivity contribution is -0.121. The van der Waals surface area contributed by atoms with Crippen LogP contribution in [0.2, 0.25) is 5.02 Å². The van der Waals surface area contributed by atoms with Crippen LogP contribution in [0.15, 0.2) is 113 Å². The fourth-order valence-electron chi connectivity index (χ4n) is 4.07. The number of carbonyl (C=O) groups excluding carboxylic acids is 1. The minimum atomic E-state index is -0.472. The predicted molar refractivity (Wildman–Crippen MR) is 160 cm³/mol. The molecule has 3 aromatic rings. The zero-order valence-corrected chi connectivity index (χ0v) is 22.5. The van der Waals surface area contributed by atoms with Gasteiger partial charge in [-0.2, -0.15) is 0 Å². The summed E-state index contributed by atoms with van der Waals surface area (Å²) in [6, 6.07) is 21.2. The molecule has 0 aliphatic heterocycles. The van der Waals surface area contributed by atoms with Crippen LogP contribution in [0, 0.1) is 5.92 Å². The Morgan fingerprint density at radius 3 is 2.50 bits per heavy atom. The normalized spacial score (nSPS) is 12.8. The van der Waals surface area contributed by atoms with E-state index < -0.39 is 11.8 Å². The molecule has 5 nitrogen and oxygen atoms in total. The van der Waals surface area contributed by atoms with E-state index in [-0.39, 0.29) is 0 Å². The first-order valence-electron chi connectivity index (χ1n) is 12.2. The number of amides is 1. The van der Waals surface area contributed by atoms with Crippen LogP contribution in [-0.2, 0) is 17.6 Å². The summed E-state index contributed by atoms with van der Waals surface area (Å²) >= 11 is 6.18. The van der Waals surface area contributed by atoms with Crippen LogP contribution in [0.25, 0.3) is 11.1 Å². The zero-order valence-electron chi connectivity index (χ0n) is 21.7. The lowest BCUT2D eigenvalue weighted by Gasteiger charge is -2.17. The number of nitrogens with zero attached hydrogens (tertiary/aromatic N) is 2. The van der Waals surface area contributed by atoms with Crippen molar-refractivity contribution in [3.8, 4) is 16.9 Å². The number of aliphatic imine (C=N–C) groups is 2. The standard InChI is InChI=1S/C32H32ClN3O2/c1-5-7-11-23(6-2)32(35-3)36-30-16-15-25(24-12-9-14-29(21-24)38-4)19-26(30)20-27(31(34)37)17-22-10-8-13-28(33)18-22/h5-16,18-19,21,27H,2-3,17,20H2,1,4H3,(H2,34,37)/b7-5-,23-11+,36-32?. The molecule has 0 spiro atoms. The minimum absolute atomic E-state index is 0.380. The summed E-state index contributed by atoms with van der Waals surface area (Å²) in [7, 11) is 1.64. The molecule has 0 aliphatic rings. The van der Waals surface area contributed by atoms with Gasteiger partial charge < -0.3 is 10.5 Å². The van der Waals surface area contributed by atoms with Crippen LogP contribution >= 0.6 is 11.6 Å². The third-order valence-electron chi connectivity index (χ3n) is 6.04. The van der Waals surface area contributed by atoms with Crippen LogP contribution in [0.3, 0.4) is 0 Å². The van der Waals surface area contributed by atoms with E-state index in [2.05, 4.69) is 18.3 Å². The van der Waals surface area contributed by atoms with E-state index in [1.807, 2.05) is 85.8 Å². The summed E-state index contributed by atoms with van der Waals surface area (Å²) < 4.78 is 5.41. The molecule has 1 atom stereocenters. The van der Waals surface area contributed by atoms with Crippen molar-refractivity contribution in [2.24, 2.45) is 21.6 Å². The van der Waals surface area contributed by atoms with E-state index in [0.717, 1.165) is 33.6 Å². The summed E-state index contributed by atoms with van der Waals surface area (Å²) in [4.78, 5) is 21.5. The molecule has 0 radical (unpaired) electrons. The number of carbonyl (C=O) groups is 1. The Morgan fingerprint density at radius 2 is 1.84 bits per heavy atom. The topological polar surface area (TPSA) is 77.0 Å². The highest BCUT2D eigenvalue weighted by Gasteiger charge is 2.20. The van der Waals surface area contributed by atoms with E-state index in [9.17, 15) is 4.79 Å². The van der Waals surface area contributed by atoms with Gasteiger partial charge in [0, 0.05) is 16.5 Å². The van der Waals surface area contributed by atoms with E-state index in [4.69, 9.17) is 27.1 Å². The minimum Gasteiger partial charge on any atom is -0.497 e. The summed E-state index contributed by atoms with van der Waals surface area (Å²) in [6.45, 7) is 9.52. The number of rotatable bonds is 11. The summed E-state index contributed by atoms with van der Waals surface area (Å²) in [5, 5.41) is 0.614. The maximum Gasteiger partial charge on any atom is 0.221 e. The second-order valence-electron chi connectivity index (χ2n) is 8.66. The summed E-state index contributed by atoms with van der Waals surface area (Å²) in [5.74, 6) is 0.318. The van der Waals surface area contributed by atoms with Crippen molar-refractivity contribution < 1.29 is 9.53 Å². The first kappa shape index (κ1) is 28.4. The Balaban J connectivity index is 2.12. The number of nitrogens with two attached hydrogens (primary N) is 1. The second kappa shape index (κ2) is 13.9. The third-order valence-corrected chi connectivity index (χ3v) is 6.28. The molecular formula is C32H32ClN3O2. The highest BCUT2D eigenvalue weighted by atomic mass is 35.5. The summed E-state index contributed by atoms with van der Waals surface area (Å²) in [5.41, 5.74) is 11.0. The van der Waals surface area contributed by atoms with Gasteiger partial charge in [-0.15, -0.1) is 0 Å². The van der Waals surface area contributed by atoms with Gasteiger partial charge in [0.1, 0.15) is 5.75 Å². The monoisotopic (exact) mass is 525 g/mol. The molecule has 38 heavy (non-hydrogen) atoms. The molecule has 2 N–H and O–H groups in total. The maximum absolute atomic E-state index is 12.6. The Bertz CT molecular complexity index is 1410. The van der Waals surface area contributed by atoms with Gasteiger partial charge in [-0.25, -0.2) is 9.98 Å². The molecule has 3 aromatic carbocycles. The van der Waals surface area contributed by atoms with Crippen molar-refractivity contribution in [1.82, 2.24) is 0 Å². The molecule has 0 aliphatic carbocycles. The predicted octanol–water partition coefficient (Wildman–Crippen LogP) is 7.32. The fraction of sp³-hybridized carbons (Fsp3) is 0.156.